The summed E-state index contributed by atoms with van der Waals surface area (Å²) in [5.74, 6) is 0.970. The fourth-order valence-electron chi connectivity index (χ4n) is 3.51. The average molecular weight is 396 g/mol. The van der Waals surface area contributed by atoms with Gasteiger partial charge in [0, 0.05) is 38.4 Å². The van der Waals surface area contributed by atoms with E-state index in [4.69, 9.17) is 4.74 Å². The monoisotopic (exact) mass is 395 g/mol. The van der Waals surface area contributed by atoms with E-state index in [2.05, 4.69) is 48.1 Å². The van der Waals surface area contributed by atoms with Crippen LogP contribution in [0, 0.1) is 0 Å². The zero-order chi connectivity index (χ0) is 20.8. The van der Waals surface area contributed by atoms with Gasteiger partial charge in [-0.3, -0.25) is 9.69 Å². The van der Waals surface area contributed by atoms with Crippen LogP contribution >= 0.6 is 0 Å². The van der Waals surface area contributed by atoms with E-state index in [0.29, 0.717) is 5.92 Å². The van der Waals surface area contributed by atoms with Crippen LogP contribution in [0.4, 0.5) is 5.69 Å². The van der Waals surface area contributed by atoms with E-state index in [1.807, 2.05) is 36.4 Å². The number of para-hydroxylation sites is 1. The molecule has 0 radical (unpaired) electrons. The molecule has 1 fully saturated rings. The molecule has 29 heavy (non-hydrogen) atoms. The molecule has 1 aliphatic heterocycles. The molecule has 5 heteroatoms. The number of hydrogen-bond acceptors (Lipinski definition) is 4. The highest BCUT2D eigenvalue weighted by Gasteiger charge is 2.18. The van der Waals surface area contributed by atoms with E-state index in [0.717, 1.165) is 49.7 Å². The SMILES string of the molecule is CC(Oc1ccccc1C(C)C)C(=O)Nc1ccc(CN2CCN(C)CC2)cc1. The van der Waals surface area contributed by atoms with Gasteiger partial charge < -0.3 is 15.0 Å². The quantitative estimate of drug-likeness (QED) is 0.771. The van der Waals surface area contributed by atoms with Crippen LogP contribution in [0.5, 0.6) is 5.75 Å². The summed E-state index contributed by atoms with van der Waals surface area (Å²) in [6.45, 7) is 11.4. The maximum atomic E-state index is 12.6. The molecule has 3 rings (SSSR count). The minimum atomic E-state index is -0.570. The molecule has 0 aliphatic carbocycles. The first-order chi connectivity index (χ1) is 13.9. The molecule has 0 aromatic heterocycles. The van der Waals surface area contributed by atoms with Gasteiger partial charge in [-0.2, -0.15) is 0 Å². The molecule has 156 valence electrons. The summed E-state index contributed by atoms with van der Waals surface area (Å²) in [5.41, 5.74) is 3.17. The molecule has 0 spiro atoms. The summed E-state index contributed by atoms with van der Waals surface area (Å²) in [5, 5.41) is 2.96. The molecular formula is C24H33N3O2. The molecule has 1 amide bonds. The van der Waals surface area contributed by atoms with Gasteiger partial charge in [0.15, 0.2) is 6.10 Å². The van der Waals surface area contributed by atoms with Crippen LogP contribution < -0.4 is 10.1 Å². The van der Waals surface area contributed by atoms with Crippen LogP contribution in [0.1, 0.15) is 37.8 Å². The Hall–Kier alpha value is -2.37. The summed E-state index contributed by atoms with van der Waals surface area (Å²) >= 11 is 0. The molecule has 1 aliphatic rings. The van der Waals surface area contributed by atoms with Crippen molar-refractivity contribution >= 4 is 11.6 Å². The molecule has 5 nitrogen and oxygen atoms in total. The van der Waals surface area contributed by atoms with Crippen LogP contribution in [-0.2, 0) is 11.3 Å². The number of carbonyl (C=O) groups is 1. The Morgan fingerprint density at radius 2 is 1.66 bits per heavy atom. The lowest BCUT2D eigenvalue weighted by atomic mass is 10.0. The zero-order valence-corrected chi connectivity index (χ0v) is 18.0. The Morgan fingerprint density at radius 1 is 1.00 bits per heavy atom. The van der Waals surface area contributed by atoms with Crippen LogP contribution in [-0.4, -0.2) is 55.0 Å². The van der Waals surface area contributed by atoms with Crippen LogP contribution in [0.25, 0.3) is 0 Å². The van der Waals surface area contributed by atoms with Gasteiger partial charge in [-0.15, -0.1) is 0 Å². The van der Waals surface area contributed by atoms with E-state index < -0.39 is 6.10 Å². The van der Waals surface area contributed by atoms with Gasteiger partial charge in [0.2, 0.25) is 0 Å². The Bertz CT molecular complexity index is 796. The first-order valence-electron chi connectivity index (χ1n) is 10.5. The van der Waals surface area contributed by atoms with Gasteiger partial charge in [-0.1, -0.05) is 44.2 Å². The number of carbonyl (C=O) groups excluding carboxylic acids is 1. The highest BCUT2D eigenvalue weighted by atomic mass is 16.5. The van der Waals surface area contributed by atoms with Gasteiger partial charge in [0.25, 0.3) is 5.91 Å². The number of hydrogen-bond donors (Lipinski definition) is 1. The van der Waals surface area contributed by atoms with Crippen molar-refractivity contribution in [1.82, 2.24) is 9.80 Å². The van der Waals surface area contributed by atoms with E-state index >= 15 is 0 Å². The molecule has 1 atom stereocenters. The second-order valence-corrected chi connectivity index (χ2v) is 8.22. The van der Waals surface area contributed by atoms with Crippen molar-refractivity contribution < 1.29 is 9.53 Å². The molecule has 2 aromatic carbocycles. The lowest BCUT2D eigenvalue weighted by molar-refractivity contribution is -0.122. The molecule has 2 aromatic rings. The topological polar surface area (TPSA) is 44.8 Å². The Morgan fingerprint density at radius 3 is 2.31 bits per heavy atom. The summed E-state index contributed by atoms with van der Waals surface area (Å²) in [7, 11) is 2.17. The van der Waals surface area contributed by atoms with Gasteiger partial charge in [-0.05, 0) is 49.2 Å². The number of benzene rings is 2. The van der Waals surface area contributed by atoms with E-state index in [9.17, 15) is 4.79 Å². The number of nitrogens with one attached hydrogen (secondary N) is 1. The Kier molecular flexibility index (Phi) is 7.29. The van der Waals surface area contributed by atoms with Crippen molar-refractivity contribution in [3.05, 3.63) is 59.7 Å². The predicted octanol–water partition coefficient (Wildman–Crippen LogP) is 3.96. The zero-order valence-electron chi connectivity index (χ0n) is 18.0. The number of ether oxygens (including phenoxy) is 1. The number of piperazine rings is 1. The van der Waals surface area contributed by atoms with Gasteiger partial charge in [-0.25, -0.2) is 0 Å². The minimum absolute atomic E-state index is 0.143. The smallest absolute Gasteiger partial charge is 0.265 e. The van der Waals surface area contributed by atoms with Gasteiger partial charge >= 0.3 is 0 Å². The maximum absolute atomic E-state index is 12.6. The first-order valence-corrected chi connectivity index (χ1v) is 10.5. The highest BCUT2D eigenvalue weighted by Crippen LogP contribution is 2.27. The van der Waals surface area contributed by atoms with Gasteiger partial charge in [0.1, 0.15) is 5.75 Å². The molecular weight excluding hydrogens is 362 g/mol. The third-order valence-corrected chi connectivity index (χ3v) is 5.44. The first kappa shape index (κ1) is 21.3. The van der Waals surface area contributed by atoms with Gasteiger partial charge in [0.05, 0.1) is 0 Å². The second-order valence-electron chi connectivity index (χ2n) is 8.22. The van der Waals surface area contributed by atoms with E-state index in [-0.39, 0.29) is 5.91 Å². The highest BCUT2D eigenvalue weighted by molar-refractivity contribution is 5.94. The van der Waals surface area contributed by atoms with E-state index in [1.165, 1.54) is 5.56 Å². The summed E-state index contributed by atoms with van der Waals surface area (Å²) in [4.78, 5) is 17.4. The number of amides is 1. The third-order valence-electron chi connectivity index (χ3n) is 5.44. The van der Waals surface area contributed by atoms with Crippen molar-refractivity contribution in [2.45, 2.75) is 39.3 Å². The molecule has 0 saturated carbocycles. The van der Waals surface area contributed by atoms with Crippen molar-refractivity contribution in [2.24, 2.45) is 0 Å². The fourth-order valence-corrected chi connectivity index (χ4v) is 3.51. The largest absolute Gasteiger partial charge is 0.481 e. The Balaban J connectivity index is 1.53. The number of rotatable bonds is 7. The second kappa shape index (κ2) is 9.90. The normalized spacial score (nSPS) is 16.6. The lowest BCUT2D eigenvalue weighted by Crippen LogP contribution is -2.43. The summed E-state index contributed by atoms with van der Waals surface area (Å²) in [6, 6.07) is 16.0. The number of likely N-dealkylation sites (N-methyl/N-ethyl adjacent to an activating group) is 1. The molecule has 0 bridgehead atoms. The molecule has 1 heterocycles. The third kappa shape index (κ3) is 6.05. The van der Waals surface area contributed by atoms with Crippen molar-refractivity contribution in [2.75, 3.05) is 38.5 Å². The van der Waals surface area contributed by atoms with Crippen molar-refractivity contribution in [3.8, 4) is 5.75 Å². The predicted molar refractivity (Wildman–Crippen MR) is 118 cm³/mol. The van der Waals surface area contributed by atoms with Crippen LogP contribution in [0.15, 0.2) is 48.5 Å². The minimum Gasteiger partial charge on any atom is -0.481 e. The summed E-state index contributed by atoms with van der Waals surface area (Å²) < 4.78 is 5.95. The summed E-state index contributed by atoms with van der Waals surface area (Å²) in [6.07, 6.45) is -0.570. The molecule has 1 N–H and O–H groups in total. The lowest BCUT2D eigenvalue weighted by Gasteiger charge is -2.32. The van der Waals surface area contributed by atoms with Crippen LogP contribution in [0.3, 0.4) is 0 Å². The molecule has 1 unspecified atom stereocenters. The standard InChI is InChI=1S/C24H33N3O2/c1-18(2)22-7-5-6-8-23(22)29-19(3)24(28)25-21-11-9-20(10-12-21)17-27-15-13-26(4)14-16-27/h5-12,18-19H,13-17H2,1-4H3,(H,25,28). The van der Waals surface area contributed by atoms with Crippen LogP contribution in [0.2, 0.25) is 0 Å². The molecule has 1 saturated heterocycles. The van der Waals surface area contributed by atoms with Crippen molar-refractivity contribution in [3.63, 3.8) is 0 Å². The Labute approximate surface area is 174 Å². The maximum Gasteiger partial charge on any atom is 0.265 e. The van der Waals surface area contributed by atoms with E-state index in [1.54, 1.807) is 6.92 Å². The number of anilines is 1. The number of nitrogens with zero attached hydrogens (tertiary/aromatic N) is 2. The fraction of sp³-hybridized carbons (Fsp3) is 0.458. The average Bonchev–Trinajstić information content (AvgIpc) is 2.71. The van der Waals surface area contributed by atoms with Crippen molar-refractivity contribution in [1.29, 1.82) is 0 Å².